The summed E-state index contributed by atoms with van der Waals surface area (Å²) in [4.78, 5) is 24.9. The second-order valence-electron chi connectivity index (χ2n) is 5.14. The fourth-order valence-corrected chi connectivity index (χ4v) is 2.80. The molecule has 0 saturated heterocycles. The standard InChI is InChI=1S/C16H17N5O4S/c1-3-11-18-13(24-20-11)8-23-16(22)10-6-5-7-17-15(10)26-9-14-19-12(4-2)21-25-14/h5-7H,3-4,8-9H2,1-2H3. The van der Waals surface area contributed by atoms with Crippen molar-refractivity contribution >= 4 is 17.7 Å². The summed E-state index contributed by atoms with van der Waals surface area (Å²) < 4.78 is 15.4. The third-order valence-electron chi connectivity index (χ3n) is 3.30. The van der Waals surface area contributed by atoms with Gasteiger partial charge in [-0.25, -0.2) is 9.78 Å². The summed E-state index contributed by atoms with van der Waals surface area (Å²) in [6.07, 6.45) is 2.96. The van der Waals surface area contributed by atoms with Gasteiger partial charge >= 0.3 is 5.97 Å². The minimum atomic E-state index is -0.517. The maximum Gasteiger partial charge on any atom is 0.341 e. The van der Waals surface area contributed by atoms with Crippen LogP contribution in [0.15, 0.2) is 32.4 Å². The lowest BCUT2D eigenvalue weighted by atomic mass is 10.3. The van der Waals surface area contributed by atoms with Crippen LogP contribution in [0.2, 0.25) is 0 Å². The highest BCUT2D eigenvalue weighted by molar-refractivity contribution is 7.98. The van der Waals surface area contributed by atoms with Gasteiger partial charge in [-0.2, -0.15) is 9.97 Å². The van der Waals surface area contributed by atoms with Crippen molar-refractivity contribution in [3.05, 3.63) is 47.3 Å². The largest absolute Gasteiger partial charge is 0.452 e. The summed E-state index contributed by atoms with van der Waals surface area (Å²) in [7, 11) is 0. The summed E-state index contributed by atoms with van der Waals surface area (Å²) in [6.45, 7) is 3.77. The lowest BCUT2D eigenvalue weighted by Crippen LogP contribution is -2.08. The van der Waals surface area contributed by atoms with Crippen LogP contribution in [0.25, 0.3) is 0 Å². The predicted octanol–water partition coefficient (Wildman–Crippen LogP) is 2.62. The number of ether oxygens (including phenoxy) is 1. The number of nitrogens with zero attached hydrogens (tertiary/aromatic N) is 5. The number of aromatic nitrogens is 5. The lowest BCUT2D eigenvalue weighted by molar-refractivity contribution is 0.0424. The van der Waals surface area contributed by atoms with Crippen LogP contribution >= 0.6 is 11.8 Å². The molecular weight excluding hydrogens is 358 g/mol. The summed E-state index contributed by atoms with van der Waals surface area (Å²) >= 11 is 1.32. The third-order valence-corrected chi connectivity index (χ3v) is 4.29. The van der Waals surface area contributed by atoms with E-state index < -0.39 is 5.97 Å². The van der Waals surface area contributed by atoms with Gasteiger partial charge in [0, 0.05) is 19.0 Å². The Bertz CT molecular complexity index is 879. The van der Waals surface area contributed by atoms with Crippen molar-refractivity contribution in [1.82, 2.24) is 25.3 Å². The first-order chi connectivity index (χ1) is 12.7. The molecule has 0 aliphatic carbocycles. The van der Waals surface area contributed by atoms with Crippen molar-refractivity contribution in [3.8, 4) is 0 Å². The number of esters is 1. The molecule has 3 aromatic heterocycles. The number of hydrogen-bond donors (Lipinski definition) is 0. The molecule has 3 heterocycles. The van der Waals surface area contributed by atoms with Gasteiger partial charge in [0.05, 0.1) is 11.3 Å². The fraction of sp³-hybridized carbons (Fsp3) is 0.375. The zero-order valence-electron chi connectivity index (χ0n) is 14.3. The molecule has 0 radical (unpaired) electrons. The topological polar surface area (TPSA) is 117 Å². The third kappa shape index (κ3) is 4.45. The molecule has 26 heavy (non-hydrogen) atoms. The van der Waals surface area contributed by atoms with Crippen LogP contribution in [0.3, 0.4) is 0 Å². The summed E-state index contributed by atoms with van der Waals surface area (Å²) in [5, 5.41) is 8.12. The highest BCUT2D eigenvalue weighted by Gasteiger charge is 2.17. The average Bonchev–Trinajstić information content (AvgIpc) is 3.33. The molecule has 0 bridgehead atoms. The van der Waals surface area contributed by atoms with Crippen molar-refractivity contribution in [2.45, 2.75) is 44.1 Å². The number of rotatable bonds is 8. The molecule has 136 valence electrons. The van der Waals surface area contributed by atoms with E-state index in [9.17, 15) is 4.79 Å². The minimum absolute atomic E-state index is 0.0889. The van der Waals surface area contributed by atoms with Crippen molar-refractivity contribution in [3.63, 3.8) is 0 Å². The van der Waals surface area contributed by atoms with Crippen molar-refractivity contribution < 1.29 is 18.6 Å². The average molecular weight is 375 g/mol. The van der Waals surface area contributed by atoms with Crippen molar-refractivity contribution in [1.29, 1.82) is 0 Å². The van der Waals surface area contributed by atoms with Gasteiger partial charge in [0.1, 0.15) is 5.03 Å². The number of thioether (sulfide) groups is 1. The lowest BCUT2D eigenvalue weighted by Gasteiger charge is -2.06. The highest BCUT2D eigenvalue weighted by atomic mass is 32.2. The molecule has 0 spiro atoms. The van der Waals surface area contributed by atoms with Gasteiger partial charge in [0.2, 0.25) is 5.89 Å². The van der Waals surface area contributed by atoms with E-state index in [4.69, 9.17) is 13.8 Å². The van der Waals surface area contributed by atoms with Crippen LogP contribution < -0.4 is 0 Å². The molecule has 0 saturated carbocycles. The second kappa shape index (κ2) is 8.56. The van der Waals surface area contributed by atoms with E-state index in [0.29, 0.717) is 46.7 Å². The van der Waals surface area contributed by atoms with Gasteiger partial charge in [-0.15, -0.1) is 0 Å². The molecule has 0 aliphatic heterocycles. The molecule has 0 amide bonds. The molecule has 3 rings (SSSR count). The minimum Gasteiger partial charge on any atom is -0.452 e. The maximum atomic E-state index is 12.4. The summed E-state index contributed by atoms with van der Waals surface area (Å²) in [6, 6.07) is 3.32. The highest BCUT2D eigenvalue weighted by Crippen LogP contribution is 2.24. The Kier molecular flexibility index (Phi) is 5.95. The number of carbonyl (C=O) groups excluding carboxylic acids is 1. The van der Waals surface area contributed by atoms with Gasteiger partial charge in [-0.05, 0) is 12.1 Å². The monoisotopic (exact) mass is 375 g/mol. The van der Waals surface area contributed by atoms with E-state index >= 15 is 0 Å². The molecule has 0 aliphatic rings. The number of carbonyl (C=O) groups is 1. The van der Waals surface area contributed by atoms with E-state index in [0.717, 1.165) is 0 Å². The number of pyridine rings is 1. The Labute approximate surface area is 153 Å². The molecule has 3 aromatic rings. The van der Waals surface area contributed by atoms with E-state index in [2.05, 4.69) is 25.3 Å². The first-order valence-corrected chi connectivity index (χ1v) is 9.06. The Morgan fingerprint density at radius 2 is 1.81 bits per heavy atom. The van der Waals surface area contributed by atoms with Crippen LogP contribution in [-0.4, -0.2) is 31.2 Å². The Balaban J connectivity index is 1.62. The van der Waals surface area contributed by atoms with Crippen LogP contribution in [0, 0.1) is 0 Å². The van der Waals surface area contributed by atoms with E-state index in [1.807, 2.05) is 13.8 Å². The van der Waals surface area contributed by atoms with E-state index in [1.54, 1.807) is 18.3 Å². The summed E-state index contributed by atoms with van der Waals surface area (Å²) in [5.74, 6) is 1.85. The zero-order chi connectivity index (χ0) is 18.4. The molecule has 0 aromatic carbocycles. The van der Waals surface area contributed by atoms with Gasteiger partial charge in [0.15, 0.2) is 18.3 Å². The number of hydrogen-bond acceptors (Lipinski definition) is 10. The number of aryl methyl sites for hydroxylation is 2. The zero-order valence-corrected chi connectivity index (χ0v) is 15.2. The van der Waals surface area contributed by atoms with Crippen LogP contribution in [0.5, 0.6) is 0 Å². The molecule has 0 N–H and O–H groups in total. The predicted molar refractivity (Wildman–Crippen MR) is 90.3 cm³/mol. The van der Waals surface area contributed by atoms with Crippen LogP contribution in [-0.2, 0) is 29.9 Å². The van der Waals surface area contributed by atoms with Gasteiger partial charge in [-0.1, -0.05) is 35.9 Å². The molecule has 0 fully saturated rings. The molecule has 0 unspecified atom stereocenters. The van der Waals surface area contributed by atoms with Gasteiger partial charge in [-0.3, -0.25) is 0 Å². The second-order valence-corrected chi connectivity index (χ2v) is 6.10. The normalized spacial score (nSPS) is 10.8. The van der Waals surface area contributed by atoms with Crippen LogP contribution in [0.1, 0.15) is 47.6 Å². The smallest absolute Gasteiger partial charge is 0.341 e. The van der Waals surface area contributed by atoms with E-state index in [1.165, 1.54) is 11.8 Å². The van der Waals surface area contributed by atoms with Gasteiger partial charge in [0.25, 0.3) is 5.89 Å². The fourth-order valence-electron chi connectivity index (χ4n) is 1.98. The van der Waals surface area contributed by atoms with E-state index in [-0.39, 0.29) is 12.5 Å². The van der Waals surface area contributed by atoms with Crippen LogP contribution in [0.4, 0.5) is 0 Å². The Morgan fingerprint density at radius 3 is 2.50 bits per heavy atom. The Morgan fingerprint density at radius 1 is 1.12 bits per heavy atom. The molecule has 0 atom stereocenters. The first-order valence-electron chi connectivity index (χ1n) is 8.07. The van der Waals surface area contributed by atoms with Crippen molar-refractivity contribution in [2.24, 2.45) is 0 Å². The van der Waals surface area contributed by atoms with Crippen molar-refractivity contribution in [2.75, 3.05) is 0 Å². The molecular formula is C16H17N5O4S. The molecule has 9 nitrogen and oxygen atoms in total. The molecule has 10 heteroatoms. The summed E-state index contributed by atoms with van der Waals surface area (Å²) in [5.41, 5.74) is 0.350. The SMILES string of the molecule is CCc1noc(COC(=O)c2cccnc2SCc2nc(CC)no2)n1. The quantitative estimate of drug-likeness (QED) is 0.429. The Hall–Kier alpha value is -2.75. The van der Waals surface area contributed by atoms with Gasteiger partial charge < -0.3 is 13.8 Å². The maximum absolute atomic E-state index is 12.4. The first kappa shape index (κ1) is 18.1.